The monoisotopic (exact) mass is 411 g/mol. The lowest BCUT2D eigenvalue weighted by Gasteiger charge is -2.19. The third-order valence-corrected chi connectivity index (χ3v) is 5.13. The average Bonchev–Trinajstić information content (AvgIpc) is 2.83. The number of fused-ring (bicyclic) bond motifs is 1. The topological polar surface area (TPSA) is 79.8 Å². The minimum atomic E-state index is -0.527. The van der Waals surface area contributed by atoms with Crippen LogP contribution in [0.4, 0.5) is 0 Å². The molecule has 0 saturated carbocycles. The van der Waals surface area contributed by atoms with E-state index in [2.05, 4.69) is 20.6 Å². The van der Waals surface area contributed by atoms with E-state index in [1.54, 1.807) is 18.6 Å². The summed E-state index contributed by atoms with van der Waals surface area (Å²) in [7, 11) is 0. The summed E-state index contributed by atoms with van der Waals surface area (Å²) in [6.07, 6.45) is 8.66. The lowest BCUT2D eigenvalue weighted by Crippen LogP contribution is -2.39. The highest BCUT2D eigenvalue weighted by Gasteiger charge is 2.21. The van der Waals surface area contributed by atoms with Gasteiger partial charge in [-0.1, -0.05) is 30.3 Å². The van der Waals surface area contributed by atoms with Crippen LogP contribution < -0.4 is 10.6 Å². The molecule has 0 aliphatic carbocycles. The van der Waals surface area contributed by atoms with Crippen LogP contribution in [0.3, 0.4) is 0 Å². The van der Waals surface area contributed by atoms with Crippen LogP contribution in [0, 0.1) is 0 Å². The van der Waals surface area contributed by atoms with E-state index in [9.17, 15) is 4.79 Å². The fraction of sp³-hybridized carbons (Fsp3) is 0.200. The second-order valence-electron chi connectivity index (χ2n) is 7.32. The molecule has 156 valence electrons. The minimum Gasteiger partial charge on any atom is -0.354 e. The molecule has 0 fully saturated rings. The molecule has 4 aromatic rings. The molecule has 6 heteroatoms. The number of pyridine rings is 3. The van der Waals surface area contributed by atoms with E-state index in [-0.39, 0.29) is 5.91 Å². The van der Waals surface area contributed by atoms with Gasteiger partial charge in [0.15, 0.2) is 0 Å². The first kappa shape index (κ1) is 20.6. The van der Waals surface area contributed by atoms with Crippen LogP contribution in [0.1, 0.15) is 22.9 Å². The van der Waals surface area contributed by atoms with Crippen molar-refractivity contribution in [1.82, 2.24) is 25.6 Å². The SMILES string of the molecule is O=C(NCCc1cccnc1)C(NCCc1ccncc1)c1ccc2ccccc2n1. The number of rotatable bonds is 9. The molecule has 1 atom stereocenters. The van der Waals surface area contributed by atoms with E-state index >= 15 is 0 Å². The van der Waals surface area contributed by atoms with Gasteiger partial charge in [-0.2, -0.15) is 0 Å². The van der Waals surface area contributed by atoms with Gasteiger partial charge in [-0.3, -0.25) is 19.7 Å². The van der Waals surface area contributed by atoms with Gasteiger partial charge in [-0.15, -0.1) is 0 Å². The predicted molar refractivity (Wildman–Crippen MR) is 121 cm³/mol. The molecular formula is C25H25N5O. The molecule has 1 aromatic carbocycles. The van der Waals surface area contributed by atoms with Gasteiger partial charge in [-0.25, -0.2) is 0 Å². The first-order valence-electron chi connectivity index (χ1n) is 10.4. The molecule has 0 bridgehead atoms. The maximum Gasteiger partial charge on any atom is 0.243 e. The highest BCUT2D eigenvalue weighted by molar-refractivity contribution is 5.84. The number of nitrogens with one attached hydrogen (secondary N) is 2. The maximum absolute atomic E-state index is 13.1. The number of nitrogens with zero attached hydrogens (tertiary/aromatic N) is 3. The number of para-hydroxylation sites is 1. The van der Waals surface area contributed by atoms with E-state index in [1.807, 2.05) is 66.9 Å². The summed E-state index contributed by atoms with van der Waals surface area (Å²) >= 11 is 0. The normalized spacial score (nSPS) is 11.9. The summed E-state index contributed by atoms with van der Waals surface area (Å²) in [6, 6.07) is 19.2. The Morgan fingerprint density at radius 1 is 0.806 bits per heavy atom. The smallest absolute Gasteiger partial charge is 0.243 e. The van der Waals surface area contributed by atoms with Crippen molar-refractivity contribution >= 4 is 16.8 Å². The fourth-order valence-electron chi connectivity index (χ4n) is 3.46. The maximum atomic E-state index is 13.1. The number of hydrogen-bond acceptors (Lipinski definition) is 5. The molecular weight excluding hydrogens is 386 g/mol. The van der Waals surface area contributed by atoms with Crippen molar-refractivity contribution in [2.45, 2.75) is 18.9 Å². The summed E-state index contributed by atoms with van der Waals surface area (Å²) in [4.78, 5) is 26.0. The van der Waals surface area contributed by atoms with Crippen molar-refractivity contribution in [2.24, 2.45) is 0 Å². The van der Waals surface area contributed by atoms with Crippen LogP contribution in [-0.2, 0) is 17.6 Å². The van der Waals surface area contributed by atoms with Gasteiger partial charge in [0.25, 0.3) is 0 Å². The number of aromatic nitrogens is 3. The molecule has 6 nitrogen and oxygen atoms in total. The van der Waals surface area contributed by atoms with Crippen molar-refractivity contribution in [3.05, 3.63) is 102 Å². The third kappa shape index (κ3) is 5.71. The van der Waals surface area contributed by atoms with Gasteiger partial charge >= 0.3 is 0 Å². The Morgan fingerprint density at radius 2 is 1.65 bits per heavy atom. The van der Waals surface area contributed by atoms with Gasteiger partial charge in [-0.05, 0) is 54.3 Å². The Morgan fingerprint density at radius 3 is 2.48 bits per heavy atom. The second kappa shape index (κ2) is 10.4. The highest BCUT2D eigenvalue weighted by Crippen LogP contribution is 2.17. The zero-order valence-corrected chi connectivity index (χ0v) is 17.2. The molecule has 0 radical (unpaired) electrons. The van der Waals surface area contributed by atoms with E-state index in [0.29, 0.717) is 18.8 Å². The van der Waals surface area contributed by atoms with Crippen molar-refractivity contribution in [2.75, 3.05) is 13.1 Å². The number of carbonyl (C=O) groups excluding carboxylic acids is 1. The lowest BCUT2D eigenvalue weighted by molar-refractivity contribution is -0.123. The number of amides is 1. The first-order chi connectivity index (χ1) is 15.3. The van der Waals surface area contributed by atoms with Gasteiger partial charge in [0, 0.05) is 43.3 Å². The van der Waals surface area contributed by atoms with E-state index in [0.717, 1.165) is 29.3 Å². The van der Waals surface area contributed by atoms with Crippen molar-refractivity contribution in [3.8, 4) is 0 Å². The summed E-state index contributed by atoms with van der Waals surface area (Å²) < 4.78 is 0. The number of hydrogen-bond donors (Lipinski definition) is 2. The highest BCUT2D eigenvalue weighted by atomic mass is 16.2. The molecule has 2 N–H and O–H groups in total. The van der Waals surface area contributed by atoms with E-state index < -0.39 is 6.04 Å². The molecule has 4 rings (SSSR count). The molecule has 0 aliphatic rings. The van der Waals surface area contributed by atoms with Gasteiger partial charge in [0.2, 0.25) is 5.91 Å². The zero-order valence-electron chi connectivity index (χ0n) is 17.2. The minimum absolute atomic E-state index is 0.0820. The van der Waals surface area contributed by atoms with Crippen LogP contribution in [-0.4, -0.2) is 33.9 Å². The van der Waals surface area contributed by atoms with E-state index in [4.69, 9.17) is 4.98 Å². The lowest BCUT2D eigenvalue weighted by atomic mass is 10.1. The van der Waals surface area contributed by atoms with Crippen molar-refractivity contribution in [1.29, 1.82) is 0 Å². The second-order valence-corrected chi connectivity index (χ2v) is 7.32. The van der Waals surface area contributed by atoms with Crippen LogP contribution in [0.25, 0.3) is 10.9 Å². The number of carbonyl (C=O) groups is 1. The summed E-state index contributed by atoms with van der Waals surface area (Å²) in [5, 5.41) is 7.49. The van der Waals surface area contributed by atoms with Crippen LogP contribution in [0.2, 0.25) is 0 Å². The molecule has 0 aliphatic heterocycles. The molecule has 0 saturated heterocycles. The molecule has 1 amide bonds. The summed E-state index contributed by atoms with van der Waals surface area (Å²) in [5.74, 6) is -0.0820. The molecule has 1 unspecified atom stereocenters. The zero-order chi connectivity index (χ0) is 21.3. The Hall–Kier alpha value is -3.64. The quantitative estimate of drug-likeness (QED) is 0.442. The average molecular weight is 412 g/mol. The van der Waals surface area contributed by atoms with Crippen LogP contribution in [0.15, 0.2) is 85.5 Å². The van der Waals surface area contributed by atoms with Gasteiger partial charge in [0.1, 0.15) is 6.04 Å². The van der Waals surface area contributed by atoms with Crippen LogP contribution in [0.5, 0.6) is 0 Å². The number of benzene rings is 1. The first-order valence-corrected chi connectivity index (χ1v) is 10.4. The molecule has 3 aromatic heterocycles. The van der Waals surface area contributed by atoms with Crippen LogP contribution >= 0.6 is 0 Å². The van der Waals surface area contributed by atoms with Gasteiger partial charge < -0.3 is 10.6 Å². The fourth-order valence-corrected chi connectivity index (χ4v) is 3.46. The predicted octanol–water partition coefficient (Wildman–Crippen LogP) is 3.26. The molecule has 3 heterocycles. The van der Waals surface area contributed by atoms with Crippen molar-refractivity contribution in [3.63, 3.8) is 0 Å². The standard InChI is InChI=1S/C25H25N5O/c31-25(29-17-12-20-4-3-13-27-18-20)24(28-16-11-19-9-14-26-15-10-19)23-8-7-21-5-1-2-6-22(21)30-23/h1-10,13-15,18,24,28H,11-12,16-17H2,(H,29,31). The van der Waals surface area contributed by atoms with E-state index in [1.165, 1.54) is 5.56 Å². The van der Waals surface area contributed by atoms with Crippen molar-refractivity contribution < 1.29 is 4.79 Å². The van der Waals surface area contributed by atoms with Gasteiger partial charge in [0.05, 0.1) is 11.2 Å². The Bertz CT molecular complexity index is 1120. The molecule has 31 heavy (non-hydrogen) atoms. The Balaban J connectivity index is 1.45. The largest absolute Gasteiger partial charge is 0.354 e. The summed E-state index contributed by atoms with van der Waals surface area (Å²) in [6.45, 7) is 1.19. The third-order valence-electron chi connectivity index (χ3n) is 5.13. The summed E-state index contributed by atoms with van der Waals surface area (Å²) in [5.41, 5.74) is 3.86. The Labute approximate surface area is 181 Å². The molecule has 0 spiro atoms. The Kier molecular flexibility index (Phi) is 6.92.